The third-order valence-electron chi connectivity index (χ3n) is 2.22. The molecule has 1 aliphatic rings. The van der Waals surface area contributed by atoms with Crippen LogP contribution in [0.2, 0.25) is 0 Å². The van der Waals surface area contributed by atoms with E-state index in [0.29, 0.717) is 10.1 Å². The Labute approximate surface area is 109 Å². The van der Waals surface area contributed by atoms with Crippen molar-refractivity contribution in [3.05, 3.63) is 35.9 Å². The van der Waals surface area contributed by atoms with E-state index in [1.54, 1.807) is 35.7 Å². The molecule has 1 N–H and O–H groups in total. The average Bonchev–Trinajstić information content (AvgIpc) is 2.28. The van der Waals surface area contributed by atoms with Crippen molar-refractivity contribution in [2.45, 2.75) is 23.8 Å². The van der Waals surface area contributed by atoms with Crippen LogP contribution >= 0.6 is 23.5 Å². The molecular weight excluding hydrogens is 252 g/mol. The summed E-state index contributed by atoms with van der Waals surface area (Å²) in [6, 6.07) is 9.19. The number of benzene rings is 1. The first-order valence-electron chi connectivity index (χ1n) is 5.41. The van der Waals surface area contributed by atoms with Crippen LogP contribution in [0.15, 0.2) is 35.3 Å². The van der Waals surface area contributed by atoms with Gasteiger partial charge < -0.3 is 5.32 Å². The largest absolute Gasteiger partial charge is 0.301 e. The lowest BCUT2D eigenvalue weighted by Crippen LogP contribution is -2.31. The molecule has 0 radical (unpaired) electrons. The van der Waals surface area contributed by atoms with E-state index in [9.17, 15) is 4.79 Å². The molecule has 3 nitrogen and oxygen atoms in total. The molecule has 0 aromatic heterocycles. The number of nitrogens with one attached hydrogen (secondary N) is 1. The predicted octanol–water partition coefficient (Wildman–Crippen LogP) is 2.94. The number of carbonyl (C=O) groups excluding carboxylic acids is 1. The molecule has 1 heterocycles. The van der Waals surface area contributed by atoms with Crippen molar-refractivity contribution in [3.8, 4) is 0 Å². The Balaban J connectivity index is 2.04. The van der Waals surface area contributed by atoms with Gasteiger partial charge in [0.05, 0.1) is 9.96 Å². The molecule has 0 aliphatic carbocycles. The van der Waals surface area contributed by atoms with Gasteiger partial charge >= 0.3 is 0 Å². The Bertz CT molecular complexity index is 433. The average molecular weight is 266 g/mol. The molecule has 0 fully saturated rings. The monoisotopic (exact) mass is 266 g/mol. The third-order valence-corrected chi connectivity index (χ3v) is 4.49. The van der Waals surface area contributed by atoms with Gasteiger partial charge in [0, 0.05) is 5.56 Å². The second kappa shape index (κ2) is 5.60. The Morgan fingerprint density at radius 1 is 1.29 bits per heavy atom. The standard InChI is InChI=1S/C12H14N2OS2/c1-8-13-12(17-9(2)16-8)14-11(15)10-6-4-3-5-7-10/h3-9H,1-2H3,(H,13,14,15). The van der Waals surface area contributed by atoms with Crippen LogP contribution in [0.4, 0.5) is 0 Å². The maximum Gasteiger partial charge on any atom is 0.257 e. The van der Waals surface area contributed by atoms with Gasteiger partial charge in [-0.2, -0.15) is 0 Å². The number of hydrogen-bond acceptors (Lipinski definition) is 4. The van der Waals surface area contributed by atoms with Crippen LogP contribution in [-0.2, 0) is 0 Å². The predicted molar refractivity (Wildman–Crippen MR) is 75.4 cm³/mol. The molecule has 2 rings (SSSR count). The van der Waals surface area contributed by atoms with Gasteiger partial charge in [-0.3, -0.25) is 4.79 Å². The van der Waals surface area contributed by atoms with Crippen LogP contribution in [0.1, 0.15) is 24.2 Å². The number of rotatable bonds is 1. The first kappa shape index (κ1) is 12.5. The minimum Gasteiger partial charge on any atom is -0.301 e. The Hall–Kier alpha value is -0.940. The fourth-order valence-electron chi connectivity index (χ4n) is 1.51. The van der Waals surface area contributed by atoms with E-state index < -0.39 is 0 Å². The molecule has 0 saturated heterocycles. The Morgan fingerprint density at radius 2 is 2.00 bits per heavy atom. The van der Waals surface area contributed by atoms with Crippen molar-refractivity contribution < 1.29 is 4.79 Å². The lowest BCUT2D eigenvalue weighted by atomic mass is 10.2. The number of carbonyl (C=O) groups is 1. The number of amidine groups is 1. The molecule has 1 aromatic rings. The minimum atomic E-state index is -0.0943. The van der Waals surface area contributed by atoms with E-state index in [1.807, 2.05) is 25.1 Å². The summed E-state index contributed by atoms with van der Waals surface area (Å²) < 4.78 is 0.425. The highest BCUT2D eigenvalue weighted by Gasteiger charge is 2.20. The zero-order valence-electron chi connectivity index (χ0n) is 9.71. The highest BCUT2D eigenvalue weighted by Crippen LogP contribution is 2.33. The second-order valence-electron chi connectivity index (χ2n) is 3.68. The Kier molecular flexibility index (Phi) is 4.12. The van der Waals surface area contributed by atoms with Gasteiger partial charge in [0.25, 0.3) is 5.91 Å². The molecule has 17 heavy (non-hydrogen) atoms. The van der Waals surface area contributed by atoms with Crippen LogP contribution in [0.5, 0.6) is 0 Å². The van der Waals surface area contributed by atoms with Crippen LogP contribution in [0.25, 0.3) is 0 Å². The number of nitrogens with zero attached hydrogens (tertiary/aromatic N) is 1. The molecule has 1 amide bonds. The van der Waals surface area contributed by atoms with Gasteiger partial charge in [0.1, 0.15) is 0 Å². The summed E-state index contributed by atoms with van der Waals surface area (Å²) in [4.78, 5) is 16.3. The molecular formula is C12H14N2OS2. The summed E-state index contributed by atoms with van der Waals surface area (Å²) in [5, 5.41) is 3.78. The van der Waals surface area contributed by atoms with Crippen molar-refractivity contribution in [2.75, 3.05) is 0 Å². The van der Waals surface area contributed by atoms with Gasteiger partial charge in [-0.15, -0.1) is 11.8 Å². The van der Waals surface area contributed by atoms with E-state index >= 15 is 0 Å². The van der Waals surface area contributed by atoms with Gasteiger partial charge in [-0.05, 0) is 26.0 Å². The van der Waals surface area contributed by atoms with Crippen molar-refractivity contribution in [1.82, 2.24) is 5.32 Å². The SMILES string of the molecule is CC1N=C(NC(=O)c2ccccc2)SC(C)S1. The number of thioether (sulfide) groups is 2. The summed E-state index contributed by atoms with van der Waals surface area (Å²) in [6.45, 7) is 4.16. The van der Waals surface area contributed by atoms with Gasteiger partial charge in [0.15, 0.2) is 5.17 Å². The molecule has 2 atom stereocenters. The minimum absolute atomic E-state index is 0.0943. The van der Waals surface area contributed by atoms with Crippen LogP contribution < -0.4 is 5.32 Å². The van der Waals surface area contributed by atoms with E-state index in [0.717, 1.165) is 5.17 Å². The van der Waals surface area contributed by atoms with Crippen LogP contribution in [0, 0.1) is 0 Å². The first-order valence-corrected chi connectivity index (χ1v) is 7.24. The quantitative estimate of drug-likeness (QED) is 0.849. The zero-order valence-corrected chi connectivity index (χ0v) is 11.3. The summed E-state index contributed by atoms with van der Waals surface area (Å²) >= 11 is 3.39. The van der Waals surface area contributed by atoms with Crippen molar-refractivity contribution in [1.29, 1.82) is 0 Å². The summed E-state index contributed by atoms with van der Waals surface area (Å²) in [5.74, 6) is -0.0943. The highest BCUT2D eigenvalue weighted by molar-refractivity contribution is 8.25. The fraction of sp³-hybridized carbons (Fsp3) is 0.333. The topological polar surface area (TPSA) is 41.5 Å². The first-order chi connectivity index (χ1) is 8.15. The molecule has 1 aliphatic heterocycles. The maximum atomic E-state index is 11.9. The molecule has 2 unspecified atom stereocenters. The number of hydrogen-bond donors (Lipinski definition) is 1. The van der Waals surface area contributed by atoms with Crippen LogP contribution in [0.3, 0.4) is 0 Å². The molecule has 0 bridgehead atoms. The van der Waals surface area contributed by atoms with Gasteiger partial charge in [-0.1, -0.05) is 30.0 Å². The van der Waals surface area contributed by atoms with E-state index in [-0.39, 0.29) is 11.3 Å². The van der Waals surface area contributed by atoms with Crippen molar-refractivity contribution in [3.63, 3.8) is 0 Å². The maximum absolute atomic E-state index is 11.9. The number of amides is 1. The summed E-state index contributed by atoms with van der Waals surface area (Å²) in [6.07, 6.45) is 0. The molecule has 1 aromatic carbocycles. The fourth-order valence-corrected chi connectivity index (χ4v) is 3.96. The number of aliphatic imine (C=N–C) groups is 1. The summed E-state index contributed by atoms with van der Waals surface area (Å²) in [5.41, 5.74) is 0.661. The molecule has 5 heteroatoms. The normalized spacial score (nSPS) is 24.0. The zero-order chi connectivity index (χ0) is 12.3. The van der Waals surface area contributed by atoms with Gasteiger partial charge in [0.2, 0.25) is 0 Å². The van der Waals surface area contributed by atoms with Crippen molar-refractivity contribution in [2.24, 2.45) is 4.99 Å². The molecule has 0 spiro atoms. The van der Waals surface area contributed by atoms with Gasteiger partial charge in [-0.25, -0.2) is 4.99 Å². The molecule has 90 valence electrons. The van der Waals surface area contributed by atoms with Crippen molar-refractivity contribution >= 4 is 34.6 Å². The van der Waals surface area contributed by atoms with E-state index in [4.69, 9.17) is 0 Å². The lowest BCUT2D eigenvalue weighted by molar-refractivity contribution is 0.0978. The summed E-state index contributed by atoms with van der Waals surface area (Å²) in [7, 11) is 0. The highest BCUT2D eigenvalue weighted by atomic mass is 32.2. The van der Waals surface area contributed by atoms with E-state index in [1.165, 1.54) is 0 Å². The lowest BCUT2D eigenvalue weighted by Gasteiger charge is -2.22. The second-order valence-corrected chi connectivity index (χ2v) is 6.96. The smallest absolute Gasteiger partial charge is 0.257 e. The molecule has 0 saturated carbocycles. The third kappa shape index (κ3) is 3.51. The Morgan fingerprint density at radius 3 is 2.65 bits per heavy atom. The van der Waals surface area contributed by atoms with Crippen LogP contribution in [-0.4, -0.2) is 21.0 Å². The van der Waals surface area contributed by atoms with E-state index in [2.05, 4.69) is 17.2 Å².